The molecule has 5 heteroatoms. The number of benzene rings is 8. The minimum atomic E-state index is 0.653. The van der Waals surface area contributed by atoms with Gasteiger partial charge in [0.15, 0.2) is 5.82 Å². The summed E-state index contributed by atoms with van der Waals surface area (Å²) in [5.41, 5.74) is 14.3. The van der Waals surface area contributed by atoms with E-state index in [1.54, 1.807) is 0 Å². The predicted octanol–water partition coefficient (Wildman–Crippen LogP) is 15.3. The van der Waals surface area contributed by atoms with Crippen molar-refractivity contribution in [2.24, 2.45) is 0 Å². The first-order valence-corrected chi connectivity index (χ1v) is 21.7. The molecule has 62 heavy (non-hydrogen) atoms. The van der Waals surface area contributed by atoms with Crippen molar-refractivity contribution in [3.8, 4) is 78.7 Å². The first-order chi connectivity index (χ1) is 30.7. The molecule has 0 aliphatic carbocycles. The molecule has 4 nitrogen and oxygen atoms in total. The van der Waals surface area contributed by atoms with E-state index in [2.05, 4.69) is 217 Å². The number of pyridine rings is 1. The third-order valence-electron chi connectivity index (χ3n) is 11.8. The molecular formula is C57H36N4S. The Hall–Kier alpha value is -7.99. The third kappa shape index (κ3) is 6.26. The summed E-state index contributed by atoms with van der Waals surface area (Å²) in [6.45, 7) is 0. The van der Waals surface area contributed by atoms with Gasteiger partial charge < -0.3 is 0 Å². The monoisotopic (exact) mass is 808 g/mol. The second-order valence-electron chi connectivity index (χ2n) is 15.6. The number of fused-ring (bicyclic) bond motifs is 6. The van der Waals surface area contributed by atoms with Gasteiger partial charge in [0.2, 0.25) is 0 Å². The molecule has 290 valence electrons. The van der Waals surface area contributed by atoms with Crippen molar-refractivity contribution in [3.63, 3.8) is 0 Å². The van der Waals surface area contributed by atoms with E-state index in [-0.39, 0.29) is 0 Å². The quantitative estimate of drug-likeness (QED) is 0.161. The number of aromatic nitrogens is 4. The standard InChI is InChI=1S/C57H36N4S/c1-4-16-37(17-5-1)49-36-50(43-24-14-23-40(32-43)41-30-31-48-47-28-12-13-29-52(47)62-53(48)35-41)59-57(58-49)45-26-15-25-44(33-45)55-54(39-20-8-3-9-21-39)56-46-27-11-10-22-42(46)34-51(61(56)60-55)38-18-6-2-7-19-38/h1-36H. The average Bonchev–Trinajstić information content (AvgIpc) is 3.94. The maximum atomic E-state index is 5.50. The molecule has 0 saturated carbocycles. The Bertz CT molecular complexity index is 3630. The van der Waals surface area contributed by atoms with Crippen LogP contribution in [0.25, 0.3) is 115 Å². The van der Waals surface area contributed by atoms with Crippen LogP contribution in [0.4, 0.5) is 0 Å². The highest BCUT2D eigenvalue weighted by atomic mass is 32.1. The topological polar surface area (TPSA) is 43.1 Å². The predicted molar refractivity (Wildman–Crippen MR) is 259 cm³/mol. The Kier molecular flexibility index (Phi) is 8.65. The Morgan fingerprint density at radius 1 is 0.355 bits per heavy atom. The van der Waals surface area contributed by atoms with E-state index < -0.39 is 0 Å². The van der Waals surface area contributed by atoms with Gasteiger partial charge in [-0.1, -0.05) is 182 Å². The molecule has 0 radical (unpaired) electrons. The van der Waals surface area contributed by atoms with Gasteiger partial charge in [-0.3, -0.25) is 0 Å². The highest BCUT2D eigenvalue weighted by Gasteiger charge is 2.22. The zero-order valence-electron chi connectivity index (χ0n) is 33.5. The third-order valence-corrected chi connectivity index (χ3v) is 12.9. The highest BCUT2D eigenvalue weighted by Crippen LogP contribution is 2.42. The van der Waals surface area contributed by atoms with Gasteiger partial charge in [0.1, 0.15) is 5.69 Å². The summed E-state index contributed by atoms with van der Waals surface area (Å²) < 4.78 is 4.73. The lowest BCUT2D eigenvalue weighted by atomic mass is 9.96. The number of rotatable bonds is 7. The lowest BCUT2D eigenvalue weighted by Gasteiger charge is -2.12. The van der Waals surface area contributed by atoms with Crippen LogP contribution in [0.3, 0.4) is 0 Å². The van der Waals surface area contributed by atoms with Gasteiger partial charge in [0, 0.05) is 58.9 Å². The van der Waals surface area contributed by atoms with Crippen LogP contribution in [0.2, 0.25) is 0 Å². The van der Waals surface area contributed by atoms with Crippen molar-refractivity contribution in [2.45, 2.75) is 0 Å². The van der Waals surface area contributed by atoms with Crippen LogP contribution in [-0.2, 0) is 0 Å². The van der Waals surface area contributed by atoms with E-state index in [1.807, 2.05) is 17.4 Å². The van der Waals surface area contributed by atoms with Crippen LogP contribution in [0.15, 0.2) is 218 Å². The van der Waals surface area contributed by atoms with Crippen LogP contribution in [0, 0.1) is 0 Å². The van der Waals surface area contributed by atoms with E-state index in [9.17, 15) is 0 Å². The number of hydrogen-bond acceptors (Lipinski definition) is 4. The number of thiophene rings is 1. The van der Waals surface area contributed by atoms with Crippen LogP contribution in [-0.4, -0.2) is 19.6 Å². The SMILES string of the molecule is c1ccc(-c2cc(-c3cccc(-c4ccc5c(c4)sc4ccccc45)c3)nc(-c3cccc(-c4nn5c(-c6ccccc6)cc6ccccc6c5c4-c4ccccc4)c3)n2)cc1. The molecule has 0 spiro atoms. The lowest BCUT2D eigenvalue weighted by Crippen LogP contribution is -1.97. The Morgan fingerprint density at radius 3 is 1.71 bits per heavy atom. The highest BCUT2D eigenvalue weighted by molar-refractivity contribution is 7.25. The maximum absolute atomic E-state index is 5.50. The van der Waals surface area contributed by atoms with Crippen LogP contribution >= 0.6 is 11.3 Å². The van der Waals surface area contributed by atoms with Crippen LogP contribution in [0.1, 0.15) is 0 Å². The van der Waals surface area contributed by atoms with Crippen LogP contribution in [0.5, 0.6) is 0 Å². The molecule has 0 bridgehead atoms. The summed E-state index contributed by atoms with van der Waals surface area (Å²) >= 11 is 1.84. The van der Waals surface area contributed by atoms with E-state index in [0.29, 0.717) is 5.82 Å². The van der Waals surface area contributed by atoms with Gasteiger partial charge in [-0.15, -0.1) is 11.3 Å². The van der Waals surface area contributed by atoms with Crippen molar-refractivity contribution < 1.29 is 0 Å². The molecule has 0 fully saturated rings. The Morgan fingerprint density at radius 2 is 0.919 bits per heavy atom. The fraction of sp³-hybridized carbons (Fsp3) is 0. The molecule has 0 N–H and O–H groups in total. The second kappa shape index (κ2) is 14.9. The minimum Gasteiger partial charge on any atom is -0.231 e. The van der Waals surface area contributed by atoms with Crippen LogP contribution < -0.4 is 0 Å². The van der Waals surface area contributed by atoms with Gasteiger partial charge in [-0.2, -0.15) is 5.10 Å². The van der Waals surface area contributed by atoms with E-state index in [0.717, 1.165) is 78.2 Å². The smallest absolute Gasteiger partial charge is 0.160 e. The van der Waals surface area contributed by atoms with Gasteiger partial charge in [-0.05, 0) is 58.5 Å². The first-order valence-electron chi connectivity index (χ1n) is 20.8. The molecule has 12 aromatic rings. The molecule has 0 atom stereocenters. The zero-order chi connectivity index (χ0) is 41.0. The minimum absolute atomic E-state index is 0.653. The summed E-state index contributed by atoms with van der Waals surface area (Å²) in [5.74, 6) is 0.653. The molecular weight excluding hydrogens is 773 g/mol. The summed E-state index contributed by atoms with van der Waals surface area (Å²) in [4.78, 5) is 10.6. The Labute approximate surface area is 362 Å². The fourth-order valence-electron chi connectivity index (χ4n) is 8.83. The largest absolute Gasteiger partial charge is 0.231 e. The molecule has 12 rings (SSSR count). The van der Waals surface area contributed by atoms with E-state index in [1.165, 1.54) is 31.1 Å². The molecule has 0 aliphatic heterocycles. The van der Waals surface area contributed by atoms with E-state index >= 15 is 0 Å². The molecule has 8 aromatic carbocycles. The second-order valence-corrected chi connectivity index (χ2v) is 16.7. The first kappa shape index (κ1) is 35.9. The molecule has 0 amide bonds. The molecule has 0 saturated heterocycles. The van der Waals surface area contributed by atoms with Gasteiger partial charge in [0.25, 0.3) is 0 Å². The molecule has 4 heterocycles. The van der Waals surface area contributed by atoms with Gasteiger partial charge in [0.05, 0.1) is 22.6 Å². The molecule has 4 aromatic heterocycles. The summed E-state index contributed by atoms with van der Waals surface area (Å²) in [5, 5.41) is 10.4. The fourth-order valence-corrected chi connectivity index (χ4v) is 9.98. The average molecular weight is 809 g/mol. The molecule has 0 aliphatic rings. The van der Waals surface area contributed by atoms with Crippen molar-refractivity contribution in [1.82, 2.24) is 19.6 Å². The number of nitrogens with zero attached hydrogens (tertiary/aromatic N) is 4. The summed E-state index contributed by atoms with van der Waals surface area (Å²) in [7, 11) is 0. The lowest BCUT2D eigenvalue weighted by molar-refractivity contribution is 0.979. The normalized spacial score (nSPS) is 11.5. The van der Waals surface area contributed by atoms with Crippen molar-refractivity contribution >= 4 is 47.8 Å². The van der Waals surface area contributed by atoms with E-state index in [4.69, 9.17) is 15.1 Å². The zero-order valence-corrected chi connectivity index (χ0v) is 34.3. The van der Waals surface area contributed by atoms with Gasteiger partial charge in [-0.25, -0.2) is 14.5 Å². The van der Waals surface area contributed by atoms with Crippen molar-refractivity contribution in [1.29, 1.82) is 0 Å². The summed E-state index contributed by atoms with van der Waals surface area (Å²) in [6, 6.07) is 77.3. The maximum Gasteiger partial charge on any atom is 0.160 e. The Balaban J connectivity index is 1.03. The van der Waals surface area contributed by atoms with Crippen molar-refractivity contribution in [2.75, 3.05) is 0 Å². The van der Waals surface area contributed by atoms with Crippen molar-refractivity contribution in [3.05, 3.63) is 218 Å². The molecule has 0 unspecified atom stereocenters. The summed E-state index contributed by atoms with van der Waals surface area (Å²) in [6.07, 6.45) is 0. The van der Waals surface area contributed by atoms with Gasteiger partial charge >= 0.3 is 0 Å². The number of hydrogen-bond donors (Lipinski definition) is 0.